The lowest BCUT2D eigenvalue weighted by Crippen LogP contribution is -2.58. The standard InChI is InChI=1S/C17H20ClN3O2/c18-13-3-1-12(2-4-13)15-9-14(23-20-15)11-21-7-8-22-17-5-6-19-10-16(17)21/h1-4,9,16-17,19H,5-8,10-11H2/t16-,17+/m0/s1. The van der Waals surface area contributed by atoms with E-state index >= 15 is 0 Å². The van der Waals surface area contributed by atoms with Crippen LogP contribution in [0.5, 0.6) is 0 Å². The molecule has 0 bridgehead atoms. The van der Waals surface area contributed by atoms with Crippen molar-refractivity contribution in [2.75, 3.05) is 26.2 Å². The van der Waals surface area contributed by atoms with Crippen LogP contribution < -0.4 is 5.32 Å². The molecule has 2 aliphatic rings. The smallest absolute Gasteiger partial charge is 0.151 e. The molecule has 23 heavy (non-hydrogen) atoms. The maximum Gasteiger partial charge on any atom is 0.151 e. The van der Waals surface area contributed by atoms with Crippen LogP contribution >= 0.6 is 11.6 Å². The minimum atomic E-state index is 0.337. The Hall–Kier alpha value is -1.40. The molecule has 5 nitrogen and oxygen atoms in total. The highest BCUT2D eigenvalue weighted by molar-refractivity contribution is 6.30. The van der Waals surface area contributed by atoms with Crippen LogP contribution in [0.25, 0.3) is 11.3 Å². The Morgan fingerprint density at radius 1 is 1.30 bits per heavy atom. The van der Waals surface area contributed by atoms with E-state index in [2.05, 4.69) is 15.4 Å². The summed E-state index contributed by atoms with van der Waals surface area (Å²) in [7, 11) is 0. The Kier molecular flexibility index (Phi) is 4.35. The Morgan fingerprint density at radius 3 is 3.04 bits per heavy atom. The first kappa shape index (κ1) is 15.1. The molecule has 0 aliphatic carbocycles. The van der Waals surface area contributed by atoms with Gasteiger partial charge in [-0.25, -0.2) is 0 Å². The van der Waals surface area contributed by atoms with Gasteiger partial charge in [-0.05, 0) is 25.1 Å². The molecule has 0 radical (unpaired) electrons. The van der Waals surface area contributed by atoms with E-state index in [1.54, 1.807) is 0 Å². The number of morpholine rings is 1. The van der Waals surface area contributed by atoms with E-state index in [1.165, 1.54) is 0 Å². The second-order valence-corrected chi connectivity index (χ2v) is 6.56. The predicted octanol–water partition coefficient (Wildman–Crippen LogP) is 2.56. The number of benzene rings is 1. The van der Waals surface area contributed by atoms with Crippen LogP contribution in [-0.2, 0) is 11.3 Å². The van der Waals surface area contributed by atoms with Gasteiger partial charge in [0.2, 0.25) is 0 Å². The first-order chi connectivity index (χ1) is 11.3. The number of ether oxygens (including phenoxy) is 1. The summed E-state index contributed by atoms with van der Waals surface area (Å²) >= 11 is 5.93. The van der Waals surface area contributed by atoms with Crippen molar-refractivity contribution in [1.82, 2.24) is 15.4 Å². The summed E-state index contributed by atoms with van der Waals surface area (Å²) in [6, 6.07) is 10.1. The van der Waals surface area contributed by atoms with Crippen molar-refractivity contribution in [3.05, 3.63) is 41.1 Å². The Balaban J connectivity index is 1.47. The van der Waals surface area contributed by atoms with Crippen LogP contribution in [0.1, 0.15) is 12.2 Å². The Labute approximate surface area is 140 Å². The first-order valence-electron chi connectivity index (χ1n) is 8.07. The van der Waals surface area contributed by atoms with Crippen molar-refractivity contribution in [3.63, 3.8) is 0 Å². The summed E-state index contributed by atoms with van der Waals surface area (Å²) in [5.41, 5.74) is 1.87. The number of piperidine rings is 1. The van der Waals surface area contributed by atoms with Gasteiger partial charge in [-0.3, -0.25) is 4.90 Å². The number of nitrogens with one attached hydrogen (secondary N) is 1. The molecule has 1 N–H and O–H groups in total. The third-order valence-electron chi connectivity index (χ3n) is 4.63. The second kappa shape index (κ2) is 6.61. The molecule has 1 aromatic carbocycles. The van der Waals surface area contributed by atoms with Crippen molar-refractivity contribution < 1.29 is 9.26 Å². The highest BCUT2D eigenvalue weighted by Crippen LogP contribution is 2.24. The molecular formula is C17H20ClN3O2. The topological polar surface area (TPSA) is 50.5 Å². The maximum absolute atomic E-state index is 5.93. The zero-order valence-corrected chi connectivity index (χ0v) is 13.6. The van der Waals surface area contributed by atoms with Gasteiger partial charge in [-0.1, -0.05) is 28.9 Å². The summed E-state index contributed by atoms with van der Waals surface area (Å²) in [5, 5.41) is 8.37. The molecule has 3 heterocycles. The maximum atomic E-state index is 5.93. The highest BCUT2D eigenvalue weighted by atomic mass is 35.5. The van der Waals surface area contributed by atoms with Crippen LogP contribution in [0.3, 0.4) is 0 Å². The van der Waals surface area contributed by atoms with Crippen molar-refractivity contribution in [2.24, 2.45) is 0 Å². The van der Waals surface area contributed by atoms with Gasteiger partial charge in [0.15, 0.2) is 5.76 Å². The molecule has 2 aromatic rings. The minimum Gasteiger partial charge on any atom is -0.375 e. The average Bonchev–Trinajstić information content (AvgIpc) is 3.04. The van der Waals surface area contributed by atoms with Crippen LogP contribution in [0, 0.1) is 0 Å². The van der Waals surface area contributed by atoms with E-state index in [0.29, 0.717) is 12.1 Å². The normalized spacial score (nSPS) is 25.3. The number of hydrogen-bond acceptors (Lipinski definition) is 5. The van der Waals surface area contributed by atoms with E-state index in [0.717, 1.165) is 61.2 Å². The number of hydrogen-bond donors (Lipinski definition) is 1. The zero-order valence-electron chi connectivity index (χ0n) is 12.9. The number of aromatic nitrogens is 1. The molecule has 2 aliphatic heterocycles. The lowest BCUT2D eigenvalue weighted by molar-refractivity contribution is -0.0873. The molecule has 6 heteroatoms. The highest BCUT2D eigenvalue weighted by Gasteiger charge is 2.34. The Bertz CT molecular complexity index is 656. The fraction of sp³-hybridized carbons (Fsp3) is 0.471. The molecule has 2 saturated heterocycles. The lowest BCUT2D eigenvalue weighted by Gasteiger charge is -2.43. The largest absolute Gasteiger partial charge is 0.375 e. The van der Waals surface area contributed by atoms with E-state index in [1.807, 2.05) is 30.3 Å². The van der Waals surface area contributed by atoms with Gasteiger partial charge in [0.25, 0.3) is 0 Å². The van der Waals surface area contributed by atoms with Crippen LogP contribution in [0.15, 0.2) is 34.9 Å². The van der Waals surface area contributed by atoms with E-state index in [4.69, 9.17) is 20.9 Å². The van der Waals surface area contributed by atoms with Gasteiger partial charge in [-0.2, -0.15) is 0 Å². The van der Waals surface area contributed by atoms with Crippen LogP contribution in [-0.4, -0.2) is 48.4 Å². The summed E-state index contributed by atoms with van der Waals surface area (Å²) in [6.07, 6.45) is 1.41. The second-order valence-electron chi connectivity index (χ2n) is 6.13. The Morgan fingerprint density at radius 2 is 2.17 bits per heavy atom. The fourth-order valence-corrected chi connectivity index (χ4v) is 3.53. The molecule has 0 spiro atoms. The van der Waals surface area contributed by atoms with Crippen molar-refractivity contribution in [3.8, 4) is 11.3 Å². The molecule has 0 amide bonds. The van der Waals surface area contributed by atoms with Gasteiger partial charge >= 0.3 is 0 Å². The molecule has 2 fully saturated rings. The molecule has 122 valence electrons. The van der Waals surface area contributed by atoms with E-state index < -0.39 is 0 Å². The number of rotatable bonds is 3. The van der Waals surface area contributed by atoms with Crippen molar-refractivity contribution in [2.45, 2.75) is 25.1 Å². The van der Waals surface area contributed by atoms with Crippen molar-refractivity contribution >= 4 is 11.6 Å². The summed E-state index contributed by atoms with van der Waals surface area (Å²) in [6.45, 7) is 4.51. The first-order valence-corrected chi connectivity index (χ1v) is 8.45. The molecular weight excluding hydrogens is 314 g/mol. The fourth-order valence-electron chi connectivity index (χ4n) is 3.40. The quantitative estimate of drug-likeness (QED) is 0.935. The molecule has 1 aromatic heterocycles. The summed E-state index contributed by atoms with van der Waals surface area (Å²) in [5.74, 6) is 0.890. The monoisotopic (exact) mass is 333 g/mol. The molecule has 0 unspecified atom stereocenters. The third-order valence-corrected chi connectivity index (χ3v) is 4.88. The van der Waals surface area contributed by atoms with E-state index in [-0.39, 0.29) is 0 Å². The molecule has 4 rings (SSSR count). The third kappa shape index (κ3) is 3.28. The minimum absolute atomic E-state index is 0.337. The average molecular weight is 334 g/mol. The van der Waals surface area contributed by atoms with Crippen LogP contribution in [0.2, 0.25) is 5.02 Å². The van der Waals surface area contributed by atoms with Gasteiger partial charge < -0.3 is 14.6 Å². The van der Waals surface area contributed by atoms with Gasteiger partial charge in [-0.15, -0.1) is 0 Å². The van der Waals surface area contributed by atoms with Crippen molar-refractivity contribution in [1.29, 1.82) is 0 Å². The number of fused-ring (bicyclic) bond motifs is 1. The predicted molar refractivity (Wildman–Crippen MR) is 88.4 cm³/mol. The van der Waals surface area contributed by atoms with Gasteiger partial charge in [0, 0.05) is 35.8 Å². The van der Waals surface area contributed by atoms with Gasteiger partial charge in [0.05, 0.1) is 19.3 Å². The molecule has 0 saturated carbocycles. The molecule has 2 atom stereocenters. The SMILES string of the molecule is Clc1ccc(-c2cc(CN3CCO[C@@H]4CCNC[C@@H]43)on2)cc1. The number of halogens is 1. The van der Waals surface area contributed by atoms with Crippen LogP contribution in [0.4, 0.5) is 0 Å². The zero-order chi connectivity index (χ0) is 15.6. The summed E-state index contributed by atoms with van der Waals surface area (Å²) in [4.78, 5) is 2.44. The summed E-state index contributed by atoms with van der Waals surface area (Å²) < 4.78 is 11.4. The van der Waals surface area contributed by atoms with Gasteiger partial charge in [0.1, 0.15) is 5.69 Å². The lowest BCUT2D eigenvalue weighted by atomic mass is 10.0. The number of nitrogens with zero attached hydrogens (tertiary/aromatic N) is 2. The van der Waals surface area contributed by atoms with E-state index in [9.17, 15) is 0 Å².